The Labute approximate surface area is 249 Å². The van der Waals surface area contributed by atoms with E-state index in [0.717, 1.165) is 28.0 Å². The van der Waals surface area contributed by atoms with Crippen LogP contribution in [0.25, 0.3) is 0 Å². The largest absolute Gasteiger partial charge is 0.477 e. The lowest BCUT2D eigenvalue weighted by atomic mass is 10.0. The van der Waals surface area contributed by atoms with Gasteiger partial charge in [-0.05, 0) is 37.8 Å². The molecule has 2 aliphatic rings. The fourth-order valence-corrected chi connectivity index (χ4v) is 6.42. The minimum absolute atomic E-state index is 0.0683. The van der Waals surface area contributed by atoms with Crippen molar-refractivity contribution < 1.29 is 34.2 Å². The van der Waals surface area contributed by atoms with Crippen LogP contribution in [0.15, 0.2) is 49.2 Å². The first-order valence-electron chi connectivity index (χ1n) is 11.9. The number of β-lactam (4-membered cyclic amide) rings is 1. The monoisotopic (exact) mass is 636 g/mol. The number of anilines is 2. The van der Waals surface area contributed by atoms with E-state index >= 15 is 0 Å². The van der Waals surface area contributed by atoms with Crippen LogP contribution >= 0.6 is 34.9 Å². The molecule has 0 unspecified atom stereocenters. The van der Waals surface area contributed by atoms with Gasteiger partial charge >= 0.3 is 12.1 Å². The van der Waals surface area contributed by atoms with Crippen molar-refractivity contribution in [2.75, 3.05) is 16.8 Å². The van der Waals surface area contributed by atoms with Crippen molar-refractivity contribution >= 4 is 75.5 Å². The molecule has 0 radical (unpaired) electrons. The molecule has 3 amide bonds. The van der Waals surface area contributed by atoms with E-state index < -0.39 is 52.2 Å². The predicted octanol–water partition coefficient (Wildman–Crippen LogP) is 1.38. The van der Waals surface area contributed by atoms with Gasteiger partial charge in [-0.1, -0.05) is 16.9 Å². The highest BCUT2D eigenvalue weighted by Crippen LogP contribution is 2.41. The Morgan fingerprint density at radius 2 is 2.05 bits per heavy atom. The molecule has 0 bridgehead atoms. The molecular formula is C23H24N8O8S3. The van der Waals surface area contributed by atoms with Gasteiger partial charge in [0.15, 0.2) is 10.8 Å². The summed E-state index contributed by atoms with van der Waals surface area (Å²) < 4.78 is 5.15. The van der Waals surface area contributed by atoms with Crippen LogP contribution in [0.4, 0.5) is 15.9 Å². The summed E-state index contributed by atoms with van der Waals surface area (Å²) in [5.41, 5.74) is 3.83. The molecular weight excluding hydrogens is 613 g/mol. The van der Waals surface area contributed by atoms with Crippen LogP contribution in [0, 0.1) is 0 Å². The topological polar surface area (TPSA) is 242 Å². The Hall–Kier alpha value is -4.36. The van der Waals surface area contributed by atoms with Crippen LogP contribution in [0.2, 0.25) is 0 Å². The molecule has 16 nitrogen and oxygen atoms in total. The number of nitrogen functional groups attached to an aromatic ring is 1. The molecule has 7 N–H and O–H groups in total. The van der Waals surface area contributed by atoms with E-state index in [1.807, 2.05) is 0 Å². The summed E-state index contributed by atoms with van der Waals surface area (Å²) >= 11 is 3.21. The number of aromatic amines is 1. The number of hydrogen-bond acceptors (Lipinski definition) is 14. The molecule has 42 heavy (non-hydrogen) atoms. The second-order valence-corrected chi connectivity index (χ2v) is 12.4. The number of carboxylic acids is 1. The van der Waals surface area contributed by atoms with Crippen molar-refractivity contribution in [2.45, 2.75) is 42.8 Å². The van der Waals surface area contributed by atoms with Crippen molar-refractivity contribution in [3.8, 4) is 0 Å². The number of hydrogen-bond donors (Lipinski definition) is 6. The Morgan fingerprint density at radius 3 is 2.69 bits per heavy atom. The molecule has 0 saturated carbocycles. The normalized spacial score (nSPS) is 18.9. The van der Waals surface area contributed by atoms with E-state index in [2.05, 4.69) is 30.7 Å². The number of fused-ring (bicyclic) bond motifs is 1. The maximum Gasteiger partial charge on any atom is 0.413 e. The second-order valence-electron chi connectivity index (χ2n) is 9.54. The average Bonchev–Trinajstić information content (AvgIpc) is 3.33. The van der Waals surface area contributed by atoms with Crippen molar-refractivity contribution in [2.24, 2.45) is 5.16 Å². The number of aromatic nitrogens is 3. The summed E-state index contributed by atoms with van der Waals surface area (Å²) in [5, 5.41) is 29.7. The molecule has 2 aromatic rings. The van der Waals surface area contributed by atoms with Crippen molar-refractivity contribution in [1.82, 2.24) is 25.2 Å². The third kappa shape index (κ3) is 6.92. The highest BCUT2D eigenvalue weighted by atomic mass is 32.2. The molecule has 0 spiro atoms. The number of rotatable bonds is 8. The lowest BCUT2D eigenvalue weighted by molar-refractivity contribution is -0.150. The van der Waals surface area contributed by atoms with Crippen molar-refractivity contribution in [1.29, 1.82) is 0 Å². The van der Waals surface area contributed by atoms with Gasteiger partial charge in [0.25, 0.3) is 17.4 Å². The Balaban J connectivity index is 1.43. The van der Waals surface area contributed by atoms with Crippen LogP contribution in [0.5, 0.6) is 0 Å². The molecule has 2 aromatic heterocycles. The number of carboxylic acid groups (broad SMARTS) is 1. The number of carbonyl (C=O) groups excluding carboxylic acids is 3. The predicted molar refractivity (Wildman–Crippen MR) is 154 cm³/mol. The minimum Gasteiger partial charge on any atom is -0.477 e. The van der Waals surface area contributed by atoms with Gasteiger partial charge in [-0.2, -0.15) is 0 Å². The maximum atomic E-state index is 13.0. The summed E-state index contributed by atoms with van der Waals surface area (Å²) in [6.07, 6.45) is 0.730. The first kappa shape index (κ1) is 30.6. The summed E-state index contributed by atoms with van der Waals surface area (Å²) in [6, 6.07) is 0.124. The van der Waals surface area contributed by atoms with Gasteiger partial charge in [0.05, 0.1) is 0 Å². The van der Waals surface area contributed by atoms with E-state index in [9.17, 15) is 34.3 Å². The zero-order valence-corrected chi connectivity index (χ0v) is 24.6. The number of ether oxygens (including phenoxy) is 1. The van der Waals surface area contributed by atoms with E-state index in [4.69, 9.17) is 10.5 Å². The number of nitrogens with zero attached hydrogens (tertiary/aromatic N) is 4. The van der Waals surface area contributed by atoms with Crippen LogP contribution in [-0.2, 0) is 19.1 Å². The van der Waals surface area contributed by atoms with Gasteiger partial charge in [-0.3, -0.25) is 29.6 Å². The molecule has 1 saturated heterocycles. The van der Waals surface area contributed by atoms with Gasteiger partial charge in [0, 0.05) is 17.2 Å². The molecule has 2 atom stereocenters. The Bertz CT molecular complexity index is 1590. The number of aliphatic carboxylic acids is 1. The number of amides is 3. The summed E-state index contributed by atoms with van der Waals surface area (Å²) in [6.45, 7) is 5.06. The molecule has 0 aliphatic carbocycles. The van der Waals surface area contributed by atoms with Gasteiger partial charge < -0.3 is 26.1 Å². The van der Waals surface area contributed by atoms with Gasteiger partial charge in [0.1, 0.15) is 33.4 Å². The minimum atomic E-state index is -1.34. The van der Waals surface area contributed by atoms with E-state index in [1.54, 1.807) is 20.8 Å². The second kappa shape index (κ2) is 12.2. The highest BCUT2D eigenvalue weighted by molar-refractivity contribution is 8.02. The van der Waals surface area contributed by atoms with E-state index in [-0.39, 0.29) is 28.2 Å². The number of allylic oxidation sites excluding steroid dienone is 1. The highest BCUT2D eigenvalue weighted by Gasteiger charge is 2.54. The Morgan fingerprint density at radius 1 is 1.31 bits per heavy atom. The molecule has 4 rings (SSSR count). The number of carbonyl (C=O) groups is 4. The number of H-pyrrole nitrogens is 1. The van der Waals surface area contributed by atoms with Crippen molar-refractivity contribution in [3.63, 3.8) is 0 Å². The Kier molecular flexibility index (Phi) is 8.92. The molecule has 0 aromatic carbocycles. The number of thioether (sulfide) groups is 2. The zero-order chi connectivity index (χ0) is 30.8. The van der Waals surface area contributed by atoms with Crippen molar-refractivity contribution in [3.05, 3.63) is 50.2 Å². The first-order valence-corrected chi connectivity index (χ1v) is 14.7. The molecule has 1 fully saturated rings. The third-order valence-electron chi connectivity index (χ3n) is 5.35. The van der Waals surface area contributed by atoms with Gasteiger partial charge in [-0.15, -0.1) is 23.1 Å². The number of nitrogens with two attached hydrogens (primary N) is 1. The lowest BCUT2D eigenvalue weighted by Crippen LogP contribution is -2.71. The molecule has 19 heteroatoms. The maximum absolute atomic E-state index is 13.0. The number of nitrogens with one attached hydrogen (secondary N) is 3. The SMILES string of the molecule is CC(C)(C)OC(=O)Nc1nc(/C(=N/O)C(=O)N[C@@H]2C(=O)N3C(C(=O)O)=C(/C=C/Sc4cc(=O)[nH]c(N)n4)CS[C@H]23)cs1. The van der Waals surface area contributed by atoms with Crippen LogP contribution < -0.4 is 21.9 Å². The average molecular weight is 637 g/mol. The van der Waals surface area contributed by atoms with Crippen LogP contribution in [-0.4, -0.2) is 82.5 Å². The first-order chi connectivity index (χ1) is 19.8. The number of thiazole rings is 1. The van der Waals surface area contributed by atoms with Crippen LogP contribution in [0.3, 0.4) is 0 Å². The third-order valence-corrected chi connectivity index (χ3v) is 8.13. The molecule has 222 valence electrons. The van der Waals surface area contributed by atoms with Crippen LogP contribution in [0.1, 0.15) is 26.5 Å². The fraction of sp³-hybridized carbons (Fsp3) is 0.304. The smallest absolute Gasteiger partial charge is 0.413 e. The quantitative estimate of drug-likeness (QED) is 0.0600. The standard InChI is InChI=1S/C23H24N8O8S3/c1-23(2,3)39-22(37)29-21-25-10(8-42-21)13(30-38)16(33)28-14-17(34)31-15(19(35)36)9(7-41-18(14)31)4-5-40-12-6-11(32)26-20(24)27-12/h4-6,8,14,18,38H,7H2,1-3H3,(H,28,33)(H,35,36)(H,25,29,37)(H3,24,26,27,32)/b5-4+,30-13-/t14-,18-/m1/s1. The summed E-state index contributed by atoms with van der Waals surface area (Å²) in [7, 11) is 0. The molecule has 2 aliphatic heterocycles. The lowest BCUT2D eigenvalue weighted by Gasteiger charge is -2.49. The van der Waals surface area contributed by atoms with Gasteiger partial charge in [-0.25, -0.2) is 19.6 Å². The number of oxime groups is 1. The van der Waals surface area contributed by atoms with E-state index in [0.29, 0.717) is 10.6 Å². The van der Waals surface area contributed by atoms with Gasteiger partial charge in [0.2, 0.25) is 5.95 Å². The summed E-state index contributed by atoms with van der Waals surface area (Å²) in [5.74, 6) is -2.83. The fourth-order valence-electron chi connectivity index (χ4n) is 3.72. The molecule has 4 heterocycles. The van der Waals surface area contributed by atoms with E-state index in [1.165, 1.54) is 34.7 Å². The zero-order valence-electron chi connectivity index (χ0n) is 22.1. The summed E-state index contributed by atoms with van der Waals surface area (Å²) in [4.78, 5) is 72.9.